The second-order valence-electron chi connectivity index (χ2n) is 7.08. The first-order valence-electron chi connectivity index (χ1n) is 9.60. The normalized spacial score (nSPS) is 11.4. The topological polar surface area (TPSA) is 119 Å². The summed E-state index contributed by atoms with van der Waals surface area (Å²) < 4.78 is 0. The van der Waals surface area contributed by atoms with Crippen molar-refractivity contribution in [1.29, 1.82) is 0 Å². The molecule has 0 aliphatic heterocycles. The first kappa shape index (κ1) is 21.6. The number of carbonyl (C=O) groups is 3. The Kier molecular flexibility index (Phi) is 6.67. The molecule has 1 unspecified atom stereocenters. The molecule has 0 radical (unpaired) electrons. The van der Waals surface area contributed by atoms with Gasteiger partial charge in [-0.2, -0.15) is 0 Å². The van der Waals surface area contributed by atoms with Gasteiger partial charge in [0.05, 0.1) is 23.3 Å². The number of aryl methyl sites for hydroxylation is 1. The summed E-state index contributed by atoms with van der Waals surface area (Å²) in [7, 11) is 0. The summed E-state index contributed by atoms with van der Waals surface area (Å²) in [5.41, 5.74) is 2.43. The van der Waals surface area contributed by atoms with Crippen molar-refractivity contribution in [2.75, 3.05) is 5.32 Å². The Labute approximate surface area is 179 Å². The van der Waals surface area contributed by atoms with E-state index in [0.717, 1.165) is 5.56 Å². The molecule has 0 saturated heterocycles. The van der Waals surface area contributed by atoms with Gasteiger partial charge in [-0.1, -0.05) is 42.0 Å². The molecule has 2 amide bonds. The fourth-order valence-electron chi connectivity index (χ4n) is 2.99. The van der Waals surface area contributed by atoms with E-state index in [9.17, 15) is 24.6 Å². The van der Waals surface area contributed by atoms with Crippen LogP contribution in [0.4, 0.5) is 5.69 Å². The van der Waals surface area contributed by atoms with Crippen LogP contribution in [-0.4, -0.2) is 28.9 Å². The minimum Gasteiger partial charge on any atom is -0.548 e. The van der Waals surface area contributed by atoms with E-state index in [2.05, 4.69) is 10.6 Å². The van der Waals surface area contributed by atoms with Gasteiger partial charge in [-0.25, -0.2) is 0 Å². The van der Waals surface area contributed by atoms with Gasteiger partial charge in [-0.3, -0.25) is 9.59 Å². The molecule has 3 rings (SSSR count). The number of hydrogen-bond donors (Lipinski definition) is 3. The molecule has 158 valence electrons. The van der Waals surface area contributed by atoms with Crippen molar-refractivity contribution < 1.29 is 24.6 Å². The lowest BCUT2D eigenvalue weighted by Gasteiger charge is -2.21. The van der Waals surface area contributed by atoms with Gasteiger partial charge >= 0.3 is 0 Å². The zero-order valence-electron chi connectivity index (χ0n) is 16.8. The molecule has 0 fully saturated rings. The number of rotatable bonds is 7. The molecule has 3 aromatic carbocycles. The third-order valence-electron chi connectivity index (χ3n) is 4.70. The monoisotopic (exact) mass is 417 g/mol. The number of aromatic hydroxyl groups is 1. The highest BCUT2D eigenvalue weighted by atomic mass is 16.4. The van der Waals surface area contributed by atoms with Crippen molar-refractivity contribution in [2.24, 2.45) is 0 Å². The van der Waals surface area contributed by atoms with E-state index in [1.54, 1.807) is 54.6 Å². The summed E-state index contributed by atoms with van der Waals surface area (Å²) in [4.78, 5) is 36.9. The largest absolute Gasteiger partial charge is 0.548 e. The van der Waals surface area contributed by atoms with Crippen LogP contribution in [0.1, 0.15) is 31.8 Å². The highest BCUT2D eigenvalue weighted by Gasteiger charge is 2.19. The molecule has 0 aromatic heterocycles. The average Bonchev–Trinajstić information content (AvgIpc) is 2.75. The van der Waals surface area contributed by atoms with Crippen LogP contribution in [0.3, 0.4) is 0 Å². The molecule has 1 atom stereocenters. The minimum atomic E-state index is -1.44. The van der Waals surface area contributed by atoms with Crippen LogP contribution >= 0.6 is 0 Å². The maximum atomic E-state index is 12.8. The fraction of sp³-hybridized carbons (Fsp3) is 0.125. The van der Waals surface area contributed by atoms with Crippen molar-refractivity contribution >= 4 is 23.5 Å². The van der Waals surface area contributed by atoms with Gasteiger partial charge < -0.3 is 25.6 Å². The van der Waals surface area contributed by atoms with Crippen molar-refractivity contribution in [3.63, 3.8) is 0 Å². The molecule has 0 saturated carbocycles. The fourth-order valence-corrected chi connectivity index (χ4v) is 2.99. The molecule has 0 bridgehead atoms. The second-order valence-corrected chi connectivity index (χ2v) is 7.08. The lowest BCUT2D eigenvalue weighted by Crippen LogP contribution is -2.49. The summed E-state index contributed by atoms with van der Waals surface area (Å²) in [5, 5.41) is 26.1. The van der Waals surface area contributed by atoms with E-state index < -0.39 is 17.9 Å². The van der Waals surface area contributed by atoms with Crippen molar-refractivity contribution in [1.82, 2.24) is 5.32 Å². The number of para-hydroxylation sites is 1. The van der Waals surface area contributed by atoms with Crippen LogP contribution in [0.2, 0.25) is 0 Å². The predicted octanol–water partition coefficient (Wildman–Crippen LogP) is 2.04. The Morgan fingerprint density at radius 2 is 1.55 bits per heavy atom. The van der Waals surface area contributed by atoms with E-state index in [4.69, 9.17) is 0 Å². The summed E-state index contributed by atoms with van der Waals surface area (Å²) in [6.45, 7) is 1.91. The molecule has 3 aromatic rings. The Bertz CT molecular complexity index is 1090. The highest BCUT2D eigenvalue weighted by Crippen LogP contribution is 2.18. The molecular formula is C24H21N2O5-. The average molecular weight is 417 g/mol. The molecule has 7 nitrogen and oxygen atoms in total. The number of hydrogen-bond acceptors (Lipinski definition) is 5. The first-order valence-corrected chi connectivity index (χ1v) is 9.60. The maximum Gasteiger partial charge on any atom is 0.255 e. The van der Waals surface area contributed by atoms with Crippen LogP contribution in [0.15, 0.2) is 72.8 Å². The van der Waals surface area contributed by atoms with Gasteiger partial charge in [-0.05, 0) is 55.3 Å². The van der Waals surface area contributed by atoms with Crippen molar-refractivity contribution in [3.05, 3.63) is 95.1 Å². The van der Waals surface area contributed by atoms with E-state index in [-0.39, 0.29) is 29.3 Å². The zero-order chi connectivity index (χ0) is 22.4. The minimum absolute atomic E-state index is 0.0216. The van der Waals surface area contributed by atoms with Crippen LogP contribution in [0.5, 0.6) is 5.75 Å². The SMILES string of the molecule is Cc1ccc(C(=O)Nc2ccccc2C(=O)NC(Cc2ccc(O)cc2)C(=O)[O-])cc1. The number of anilines is 1. The summed E-state index contributed by atoms with van der Waals surface area (Å²) >= 11 is 0. The van der Waals surface area contributed by atoms with E-state index in [1.165, 1.54) is 18.2 Å². The van der Waals surface area contributed by atoms with Gasteiger partial charge in [0, 0.05) is 5.56 Å². The van der Waals surface area contributed by atoms with E-state index in [1.807, 2.05) is 6.92 Å². The predicted molar refractivity (Wildman–Crippen MR) is 114 cm³/mol. The molecule has 7 heteroatoms. The standard InChI is InChI=1S/C24H22N2O5/c1-15-6-10-17(11-7-15)22(28)25-20-5-3-2-4-19(20)23(29)26-21(24(30)31)14-16-8-12-18(27)13-9-16/h2-13,21,27H,14H2,1H3,(H,25,28)(H,26,29)(H,30,31)/p-1. The van der Waals surface area contributed by atoms with Gasteiger partial charge in [0.1, 0.15) is 5.75 Å². The first-order chi connectivity index (χ1) is 14.8. The number of carbonyl (C=O) groups excluding carboxylic acids is 3. The molecule has 0 spiro atoms. The number of benzene rings is 3. The Morgan fingerprint density at radius 1 is 0.903 bits per heavy atom. The number of phenolic OH excluding ortho intramolecular Hbond substituents is 1. The molecular weight excluding hydrogens is 396 g/mol. The quantitative estimate of drug-likeness (QED) is 0.544. The number of carboxylic acid groups (broad SMARTS) is 1. The third kappa shape index (κ3) is 5.70. The Morgan fingerprint density at radius 3 is 2.19 bits per heavy atom. The van der Waals surface area contributed by atoms with Crippen LogP contribution in [0, 0.1) is 6.92 Å². The zero-order valence-corrected chi connectivity index (χ0v) is 16.8. The third-order valence-corrected chi connectivity index (χ3v) is 4.70. The molecule has 3 N–H and O–H groups in total. The molecule has 31 heavy (non-hydrogen) atoms. The molecule has 0 aliphatic rings. The number of nitrogens with one attached hydrogen (secondary N) is 2. The number of phenols is 1. The maximum absolute atomic E-state index is 12.8. The van der Waals surface area contributed by atoms with Crippen LogP contribution in [0.25, 0.3) is 0 Å². The lowest BCUT2D eigenvalue weighted by atomic mass is 10.0. The highest BCUT2D eigenvalue weighted by molar-refractivity contribution is 6.09. The van der Waals surface area contributed by atoms with Crippen molar-refractivity contribution in [3.8, 4) is 5.75 Å². The molecule has 0 aliphatic carbocycles. The second kappa shape index (κ2) is 9.58. The number of amides is 2. The van der Waals surface area contributed by atoms with Gasteiger partial charge in [-0.15, -0.1) is 0 Å². The summed E-state index contributed by atoms with van der Waals surface area (Å²) in [6, 6.07) is 18.0. The smallest absolute Gasteiger partial charge is 0.255 e. The Hall–Kier alpha value is -4.13. The Balaban J connectivity index is 1.76. The number of aliphatic carboxylic acids is 1. The van der Waals surface area contributed by atoms with E-state index >= 15 is 0 Å². The summed E-state index contributed by atoms with van der Waals surface area (Å²) in [5.74, 6) is -2.44. The van der Waals surface area contributed by atoms with Crippen molar-refractivity contribution in [2.45, 2.75) is 19.4 Å². The molecule has 0 heterocycles. The van der Waals surface area contributed by atoms with Gasteiger partial charge in [0.25, 0.3) is 11.8 Å². The van der Waals surface area contributed by atoms with Crippen LogP contribution in [-0.2, 0) is 11.2 Å². The number of carboxylic acids is 1. The summed E-state index contributed by atoms with van der Waals surface area (Å²) in [6.07, 6.45) is -0.0216. The van der Waals surface area contributed by atoms with Gasteiger partial charge in [0.2, 0.25) is 0 Å². The lowest BCUT2D eigenvalue weighted by molar-refractivity contribution is -0.308. The van der Waals surface area contributed by atoms with Gasteiger partial charge in [0.15, 0.2) is 0 Å². The van der Waals surface area contributed by atoms with E-state index in [0.29, 0.717) is 11.1 Å². The van der Waals surface area contributed by atoms with Crippen LogP contribution < -0.4 is 15.7 Å².